The number of ether oxygens (including phenoxy) is 1. The van der Waals surface area contributed by atoms with Crippen molar-refractivity contribution in [3.05, 3.63) is 24.3 Å². The number of hydrogen-bond donors (Lipinski definition) is 2. The molecule has 4 nitrogen and oxygen atoms in total. The van der Waals surface area contributed by atoms with Gasteiger partial charge in [0, 0.05) is 6.61 Å². The lowest BCUT2D eigenvalue weighted by Crippen LogP contribution is -2.15. The molecule has 3 N–H and O–H groups in total. The Kier molecular flexibility index (Phi) is 7.66. The van der Waals surface area contributed by atoms with Gasteiger partial charge in [-0.25, -0.2) is 0 Å². The fraction of sp³-hybridized carbons (Fsp3) is 0.533. The molecule has 0 fully saturated rings. The summed E-state index contributed by atoms with van der Waals surface area (Å²) in [4.78, 5) is 11.7. The second-order valence-electron chi connectivity index (χ2n) is 4.56. The number of nitrogens with two attached hydrogens (primary N) is 1. The molecule has 106 valence electrons. The SMILES string of the molecule is CCCCCCOCCC(=O)Nc1ccccc1N. The molecule has 0 saturated heterocycles. The van der Waals surface area contributed by atoms with E-state index in [-0.39, 0.29) is 5.91 Å². The van der Waals surface area contributed by atoms with Crippen molar-refractivity contribution in [2.75, 3.05) is 24.3 Å². The first-order valence-corrected chi connectivity index (χ1v) is 6.96. The van der Waals surface area contributed by atoms with Crippen LogP contribution in [0, 0.1) is 0 Å². The number of unbranched alkanes of at least 4 members (excludes halogenated alkanes) is 3. The summed E-state index contributed by atoms with van der Waals surface area (Å²) >= 11 is 0. The first-order chi connectivity index (χ1) is 9.24. The smallest absolute Gasteiger partial charge is 0.226 e. The van der Waals surface area contributed by atoms with E-state index in [0.29, 0.717) is 24.4 Å². The Hall–Kier alpha value is -1.55. The monoisotopic (exact) mass is 264 g/mol. The molecular weight excluding hydrogens is 240 g/mol. The summed E-state index contributed by atoms with van der Waals surface area (Å²) in [6.07, 6.45) is 5.10. The lowest BCUT2D eigenvalue weighted by atomic mass is 10.2. The molecule has 0 aliphatic heterocycles. The highest BCUT2D eigenvalue weighted by atomic mass is 16.5. The van der Waals surface area contributed by atoms with Crippen LogP contribution in [0.3, 0.4) is 0 Å². The third-order valence-electron chi connectivity index (χ3n) is 2.85. The van der Waals surface area contributed by atoms with E-state index in [0.717, 1.165) is 13.0 Å². The standard InChI is InChI=1S/C15H24N2O2/c1-2-3-4-7-11-19-12-10-15(18)17-14-9-6-5-8-13(14)16/h5-6,8-9H,2-4,7,10-12,16H2,1H3,(H,17,18). The van der Waals surface area contributed by atoms with E-state index >= 15 is 0 Å². The van der Waals surface area contributed by atoms with Crippen molar-refractivity contribution in [3.63, 3.8) is 0 Å². The van der Waals surface area contributed by atoms with Crippen molar-refractivity contribution in [2.45, 2.75) is 39.0 Å². The molecule has 1 aromatic carbocycles. The number of nitrogen functional groups attached to an aromatic ring is 1. The third-order valence-corrected chi connectivity index (χ3v) is 2.85. The molecule has 0 aliphatic carbocycles. The van der Waals surface area contributed by atoms with Crippen LogP contribution in [-0.2, 0) is 9.53 Å². The molecule has 0 atom stereocenters. The van der Waals surface area contributed by atoms with E-state index in [2.05, 4.69) is 12.2 Å². The van der Waals surface area contributed by atoms with Crippen LogP contribution in [0.2, 0.25) is 0 Å². The molecule has 0 heterocycles. The zero-order chi connectivity index (χ0) is 13.9. The lowest BCUT2D eigenvalue weighted by molar-refractivity contribution is -0.117. The molecule has 19 heavy (non-hydrogen) atoms. The van der Waals surface area contributed by atoms with Crippen molar-refractivity contribution in [3.8, 4) is 0 Å². The van der Waals surface area contributed by atoms with Crippen LogP contribution in [0.15, 0.2) is 24.3 Å². The highest BCUT2D eigenvalue weighted by Gasteiger charge is 2.04. The number of amides is 1. The van der Waals surface area contributed by atoms with Gasteiger partial charge in [-0.05, 0) is 18.6 Å². The van der Waals surface area contributed by atoms with Crippen LogP contribution in [0.4, 0.5) is 11.4 Å². The largest absolute Gasteiger partial charge is 0.397 e. The minimum atomic E-state index is -0.0635. The lowest BCUT2D eigenvalue weighted by Gasteiger charge is -2.08. The van der Waals surface area contributed by atoms with Crippen LogP contribution in [0.5, 0.6) is 0 Å². The Morgan fingerprint density at radius 1 is 1.21 bits per heavy atom. The van der Waals surface area contributed by atoms with Crippen molar-refractivity contribution in [2.24, 2.45) is 0 Å². The van der Waals surface area contributed by atoms with Gasteiger partial charge in [0.25, 0.3) is 0 Å². The van der Waals surface area contributed by atoms with Crippen molar-refractivity contribution < 1.29 is 9.53 Å². The maximum Gasteiger partial charge on any atom is 0.226 e. The Bertz CT molecular complexity index is 380. The summed E-state index contributed by atoms with van der Waals surface area (Å²) in [5, 5.41) is 2.78. The van der Waals surface area contributed by atoms with Gasteiger partial charge in [-0.3, -0.25) is 4.79 Å². The highest BCUT2D eigenvalue weighted by Crippen LogP contribution is 2.16. The predicted octanol–water partition coefficient (Wildman–Crippen LogP) is 3.19. The zero-order valence-corrected chi connectivity index (χ0v) is 11.7. The molecule has 0 saturated carbocycles. The van der Waals surface area contributed by atoms with Gasteiger partial charge in [-0.1, -0.05) is 38.3 Å². The van der Waals surface area contributed by atoms with Crippen LogP contribution >= 0.6 is 0 Å². The molecule has 0 unspecified atom stereocenters. The first-order valence-electron chi connectivity index (χ1n) is 6.96. The number of benzene rings is 1. The summed E-state index contributed by atoms with van der Waals surface area (Å²) in [6, 6.07) is 7.24. The van der Waals surface area contributed by atoms with E-state index in [4.69, 9.17) is 10.5 Å². The Morgan fingerprint density at radius 3 is 2.74 bits per heavy atom. The quantitative estimate of drug-likeness (QED) is 0.532. The van der Waals surface area contributed by atoms with Crippen LogP contribution in [-0.4, -0.2) is 19.1 Å². The average molecular weight is 264 g/mol. The number of carbonyl (C=O) groups excluding carboxylic acids is 1. The summed E-state index contributed by atoms with van der Waals surface area (Å²) < 4.78 is 5.43. The van der Waals surface area contributed by atoms with Gasteiger partial charge >= 0.3 is 0 Å². The topological polar surface area (TPSA) is 64.3 Å². The van der Waals surface area contributed by atoms with E-state index in [1.807, 2.05) is 12.1 Å². The number of nitrogens with one attached hydrogen (secondary N) is 1. The van der Waals surface area contributed by atoms with Crippen LogP contribution in [0.1, 0.15) is 39.0 Å². The zero-order valence-electron chi connectivity index (χ0n) is 11.7. The van der Waals surface area contributed by atoms with Crippen LogP contribution < -0.4 is 11.1 Å². The third kappa shape index (κ3) is 6.82. The number of para-hydroxylation sites is 2. The fourth-order valence-electron chi connectivity index (χ4n) is 1.72. The maximum absolute atomic E-state index is 11.7. The second-order valence-corrected chi connectivity index (χ2v) is 4.56. The molecule has 0 bridgehead atoms. The molecule has 1 rings (SSSR count). The number of rotatable bonds is 9. The Labute approximate surface area is 115 Å². The minimum Gasteiger partial charge on any atom is -0.397 e. The average Bonchev–Trinajstić information content (AvgIpc) is 2.40. The first kappa shape index (κ1) is 15.5. The molecule has 0 aliphatic rings. The molecule has 1 amide bonds. The fourth-order valence-corrected chi connectivity index (χ4v) is 1.72. The second kappa shape index (κ2) is 9.39. The van der Waals surface area contributed by atoms with Crippen molar-refractivity contribution in [1.29, 1.82) is 0 Å². The highest BCUT2D eigenvalue weighted by molar-refractivity contribution is 5.93. The van der Waals surface area contributed by atoms with Gasteiger partial charge in [0.15, 0.2) is 0 Å². The van der Waals surface area contributed by atoms with Gasteiger partial charge in [0.1, 0.15) is 0 Å². The maximum atomic E-state index is 11.7. The molecule has 0 aromatic heterocycles. The molecule has 1 aromatic rings. The van der Waals surface area contributed by atoms with E-state index in [1.165, 1.54) is 19.3 Å². The van der Waals surface area contributed by atoms with E-state index < -0.39 is 0 Å². The van der Waals surface area contributed by atoms with Crippen LogP contribution in [0.25, 0.3) is 0 Å². The summed E-state index contributed by atoms with van der Waals surface area (Å²) in [7, 11) is 0. The summed E-state index contributed by atoms with van der Waals surface area (Å²) in [5.74, 6) is -0.0635. The number of hydrogen-bond acceptors (Lipinski definition) is 3. The molecule has 0 spiro atoms. The summed E-state index contributed by atoms with van der Waals surface area (Å²) in [6.45, 7) is 3.38. The summed E-state index contributed by atoms with van der Waals surface area (Å²) in [5.41, 5.74) is 6.99. The molecular formula is C15H24N2O2. The Morgan fingerprint density at radius 2 is 2.00 bits per heavy atom. The van der Waals surface area contributed by atoms with Gasteiger partial charge in [-0.2, -0.15) is 0 Å². The Balaban J connectivity index is 2.10. The number of carbonyl (C=O) groups is 1. The molecule has 0 radical (unpaired) electrons. The van der Waals surface area contributed by atoms with Crippen molar-refractivity contribution in [1.82, 2.24) is 0 Å². The van der Waals surface area contributed by atoms with Gasteiger partial charge in [0.05, 0.1) is 24.4 Å². The minimum absolute atomic E-state index is 0.0635. The number of anilines is 2. The van der Waals surface area contributed by atoms with Crippen molar-refractivity contribution >= 4 is 17.3 Å². The van der Waals surface area contributed by atoms with E-state index in [9.17, 15) is 4.79 Å². The normalized spacial score (nSPS) is 10.4. The van der Waals surface area contributed by atoms with Gasteiger partial charge in [0.2, 0.25) is 5.91 Å². The van der Waals surface area contributed by atoms with Gasteiger partial charge in [-0.15, -0.1) is 0 Å². The van der Waals surface area contributed by atoms with Gasteiger partial charge < -0.3 is 15.8 Å². The predicted molar refractivity (Wildman–Crippen MR) is 79.1 cm³/mol. The van der Waals surface area contributed by atoms with E-state index in [1.54, 1.807) is 12.1 Å². The molecule has 4 heteroatoms.